The molecule has 2 aromatic rings. The van der Waals surface area contributed by atoms with E-state index in [4.69, 9.17) is 0 Å². The second-order valence-electron chi connectivity index (χ2n) is 9.24. The Morgan fingerprint density at radius 3 is 2.10 bits per heavy atom. The van der Waals surface area contributed by atoms with Crippen molar-refractivity contribution >= 4 is 0 Å². The molecule has 29 heavy (non-hydrogen) atoms. The average Bonchev–Trinajstić information content (AvgIpc) is 3.52. The van der Waals surface area contributed by atoms with E-state index in [9.17, 15) is 0 Å². The van der Waals surface area contributed by atoms with E-state index in [1.54, 1.807) is 0 Å². The Kier molecular flexibility index (Phi) is 5.64. The van der Waals surface area contributed by atoms with Gasteiger partial charge in [0.2, 0.25) is 0 Å². The fourth-order valence-corrected chi connectivity index (χ4v) is 5.69. The molecular weight excluding hydrogens is 360 g/mol. The molecule has 3 aliphatic rings. The van der Waals surface area contributed by atoms with Crippen molar-refractivity contribution < 1.29 is 0 Å². The quantitative estimate of drug-likeness (QED) is 0.773. The Balaban J connectivity index is 1.41. The topological polar surface area (TPSA) is 50.1 Å². The lowest BCUT2D eigenvalue weighted by Crippen LogP contribution is -2.51. The van der Waals surface area contributed by atoms with E-state index in [0.717, 1.165) is 38.0 Å². The highest BCUT2D eigenvalue weighted by atomic mass is 15.6. The fourth-order valence-electron chi connectivity index (χ4n) is 5.69. The Hall–Kier alpha value is -1.79. The van der Waals surface area contributed by atoms with E-state index in [-0.39, 0.29) is 6.04 Å². The monoisotopic (exact) mass is 394 g/mol. The third-order valence-electron chi connectivity index (χ3n) is 7.38. The Morgan fingerprint density at radius 2 is 1.45 bits per heavy atom. The molecule has 3 fully saturated rings. The molecule has 1 aliphatic heterocycles. The molecule has 0 unspecified atom stereocenters. The zero-order valence-corrected chi connectivity index (χ0v) is 17.7. The molecule has 2 saturated carbocycles. The summed E-state index contributed by atoms with van der Waals surface area (Å²) in [5.74, 6) is 1.04. The van der Waals surface area contributed by atoms with Crippen LogP contribution in [0.5, 0.6) is 0 Å². The zero-order chi connectivity index (χ0) is 19.6. The van der Waals surface area contributed by atoms with Crippen molar-refractivity contribution in [2.75, 3.05) is 26.2 Å². The Bertz CT molecular complexity index is 780. The molecule has 2 heterocycles. The van der Waals surface area contributed by atoms with Gasteiger partial charge in [0.1, 0.15) is 0 Å². The molecule has 2 aliphatic carbocycles. The van der Waals surface area contributed by atoms with Crippen LogP contribution >= 0.6 is 0 Å². The Morgan fingerprint density at radius 1 is 0.828 bits per heavy atom. The number of nitrogens with zero attached hydrogens (tertiary/aromatic N) is 6. The number of piperazine rings is 1. The second kappa shape index (κ2) is 8.52. The predicted octanol–water partition coefficient (Wildman–Crippen LogP) is 3.75. The van der Waals surface area contributed by atoms with Crippen molar-refractivity contribution in [1.29, 1.82) is 0 Å². The molecule has 0 bridgehead atoms. The molecule has 1 aromatic heterocycles. The van der Waals surface area contributed by atoms with E-state index in [2.05, 4.69) is 61.2 Å². The molecule has 1 atom stereocenters. The van der Waals surface area contributed by atoms with Gasteiger partial charge in [-0.2, -0.15) is 0 Å². The van der Waals surface area contributed by atoms with Gasteiger partial charge in [0, 0.05) is 32.2 Å². The van der Waals surface area contributed by atoms with Gasteiger partial charge in [0.25, 0.3) is 0 Å². The summed E-state index contributed by atoms with van der Waals surface area (Å²) in [6.07, 6.45) is 10.6. The van der Waals surface area contributed by atoms with Crippen molar-refractivity contribution in [2.45, 2.75) is 76.4 Å². The Labute approximate surface area is 174 Å². The van der Waals surface area contributed by atoms with Crippen molar-refractivity contribution in [3.63, 3.8) is 0 Å². The minimum absolute atomic E-state index is 0.150. The van der Waals surface area contributed by atoms with Crippen LogP contribution in [-0.4, -0.2) is 62.2 Å². The smallest absolute Gasteiger partial charge is 0.173 e. The average molecular weight is 395 g/mol. The van der Waals surface area contributed by atoms with Crippen molar-refractivity contribution in [2.24, 2.45) is 0 Å². The van der Waals surface area contributed by atoms with Crippen molar-refractivity contribution in [3.05, 3.63) is 41.2 Å². The minimum atomic E-state index is 0.150. The number of hydrogen-bond acceptors (Lipinski definition) is 5. The highest BCUT2D eigenvalue weighted by Gasteiger charge is 2.34. The van der Waals surface area contributed by atoms with Crippen LogP contribution in [0.4, 0.5) is 0 Å². The van der Waals surface area contributed by atoms with E-state index >= 15 is 0 Å². The largest absolute Gasteiger partial charge is 0.298 e. The molecule has 5 rings (SSSR count). The number of rotatable bonds is 5. The number of aromatic nitrogens is 4. The highest BCUT2D eigenvalue weighted by Crippen LogP contribution is 2.35. The molecule has 0 amide bonds. The van der Waals surface area contributed by atoms with Gasteiger partial charge < -0.3 is 0 Å². The lowest BCUT2D eigenvalue weighted by atomic mass is 10.0. The van der Waals surface area contributed by atoms with Crippen LogP contribution in [0.1, 0.15) is 80.4 Å². The zero-order valence-electron chi connectivity index (χ0n) is 17.7. The molecule has 156 valence electrons. The molecule has 6 heteroatoms. The number of tetrazole rings is 1. The maximum atomic E-state index is 4.58. The van der Waals surface area contributed by atoms with Crippen LogP contribution in [0.15, 0.2) is 24.3 Å². The van der Waals surface area contributed by atoms with Crippen LogP contribution in [0.3, 0.4) is 0 Å². The lowest BCUT2D eigenvalue weighted by molar-refractivity contribution is 0.0765. The number of hydrogen-bond donors (Lipinski definition) is 0. The van der Waals surface area contributed by atoms with Gasteiger partial charge in [-0.1, -0.05) is 55.5 Å². The minimum Gasteiger partial charge on any atom is -0.298 e. The number of aryl methyl sites for hydroxylation is 1. The van der Waals surface area contributed by atoms with Crippen LogP contribution in [0, 0.1) is 6.92 Å². The van der Waals surface area contributed by atoms with Crippen LogP contribution in [0.25, 0.3) is 0 Å². The molecule has 0 N–H and O–H groups in total. The summed E-state index contributed by atoms with van der Waals surface area (Å²) in [6.45, 7) is 6.66. The summed E-state index contributed by atoms with van der Waals surface area (Å²) in [5, 5.41) is 13.2. The lowest BCUT2D eigenvalue weighted by Gasteiger charge is -2.41. The van der Waals surface area contributed by atoms with E-state index in [1.165, 1.54) is 62.5 Å². The summed E-state index contributed by atoms with van der Waals surface area (Å²) < 4.78 is 2.15. The standard InChI is InChI=1S/C23H34N6/c1-18-10-12-19(13-11-18)22(23-24-25-26-29(23)21-8-4-5-9-21)28-16-14-27(15-17-28)20-6-2-3-7-20/h10-13,20-22H,2-9,14-17H2,1H3/t22-/m1/s1. The summed E-state index contributed by atoms with van der Waals surface area (Å²) in [4.78, 5) is 5.35. The van der Waals surface area contributed by atoms with Gasteiger partial charge in [-0.3, -0.25) is 9.80 Å². The first-order valence-corrected chi connectivity index (χ1v) is 11.6. The van der Waals surface area contributed by atoms with Crippen LogP contribution in [0.2, 0.25) is 0 Å². The van der Waals surface area contributed by atoms with Gasteiger partial charge in [-0.25, -0.2) is 4.68 Å². The molecule has 0 spiro atoms. The van der Waals surface area contributed by atoms with Crippen LogP contribution < -0.4 is 0 Å². The summed E-state index contributed by atoms with van der Waals surface area (Å²) in [7, 11) is 0. The maximum absolute atomic E-state index is 4.58. The van der Waals surface area contributed by atoms with Gasteiger partial charge in [-0.05, 0) is 48.6 Å². The first-order chi connectivity index (χ1) is 14.3. The molecule has 1 aromatic carbocycles. The highest BCUT2D eigenvalue weighted by molar-refractivity contribution is 5.28. The molecule has 1 saturated heterocycles. The summed E-state index contributed by atoms with van der Waals surface area (Å²) >= 11 is 0. The first-order valence-electron chi connectivity index (χ1n) is 11.6. The first kappa shape index (κ1) is 19.2. The van der Waals surface area contributed by atoms with Gasteiger partial charge in [0.05, 0.1) is 12.1 Å². The van der Waals surface area contributed by atoms with E-state index in [1.807, 2.05) is 0 Å². The predicted molar refractivity (Wildman–Crippen MR) is 114 cm³/mol. The second-order valence-corrected chi connectivity index (χ2v) is 9.24. The van der Waals surface area contributed by atoms with E-state index in [0.29, 0.717) is 6.04 Å². The van der Waals surface area contributed by atoms with Crippen LogP contribution in [-0.2, 0) is 0 Å². The van der Waals surface area contributed by atoms with Gasteiger partial charge in [-0.15, -0.1) is 5.10 Å². The fraction of sp³-hybridized carbons (Fsp3) is 0.696. The SMILES string of the molecule is Cc1ccc([C@H](c2nnnn2C2CCCC2)N2CCN(C3CCCC3)CC2)cc1. The molecule has 0 radical (unpaired) electrons. The third kappa shape index (κ3) is 3.97. The van der Waals surface area contributed by atoms with E-state index < -0.39 is 0 Å². The molecule has 6 nitrogen and oxygen atoms in total. The number of benzene rings is 1. The maximum Gasteiger partial charge on any atom is 0.173 e. The molecular formula is C23H34N6. The van der Waals surface area contributed by atoms with Crippen molar-refractivity contribution in [3.8, 4) is 0 Å². The normalized spacial score (nSPS) is 23.8. The van der Waals surface area contributed by atoms with Gasteiger partial charge >= 0.3 is 0 Å². The van der Waals surface area contributed by atoms with Crippen molar-refractivity contribution in [1.82, 2.24) is 30.0 Å². The summed E-state index contributed by atoms with van der Waals surface area (Å²) in [6, 6.07) is 10.4. The summed E-state index contributed by atoms with van der Waals surface area (Å²) in [5.41, 5.74) is 2.62. The van der Waals surface area contributed by atoms with Gasteiger partial charge in [0.15, 0.2) is 5.82 Å². The third-order valence-corrected chi connectivity index (χ3v) is 7.38.